The molecule has 3 heterocycles. The van der Waals surface area contributed by atoms with Crippen molar-refractivity contribution in [2.24, 2.45) is 11.7 Å². The predicted molar refractivity (Wildman–Crippen MR) is 110 cm³/mol. The Kier molecular flexibility index (Phi) is 5.59. The highest BCUT2D eigenvalue weighted by atomic mass is 19.1. The Bertz CT molecular complexity index is 977. The van der Waals surface area contributed by atoms with Gasteiger partial charge in [0, 0.05) is 37.9 Å². The number of rotatable bonds is 4. The van der Waals surface area contributed by atoms with Crippen LogP contribution >= 0.6 is 0 Å². The number of primary amides is 1. The van der Waals surface area contributed by atoms with E-state index in [9.17, 15) is 13.6 Å². The van der Waals surface area contributed by atoms with Gasteiger partial charge in [0.2, 0.25) is 0 Å². The molecule has 1 aromatic heterocycles. The van der Waals surface area contributed by atoms with Gasteiger partial charge in [-0.2, -0.15) is 0 Å². The molecule has 0 spiro atoms. The summed E-state index contributed by atoms with van der Waals surface area (Å²) < 4.78 is 33.7. The topological polar surface area (TPSA) is 68.5 Å². The number of carbonyl (C=O) groups excluding carboxylic acids is 1. The number of carbonyl (C=O) groups is 1. The van der Waals surface area contributed by atoms with Crippen molar-refractivity contribution in [2.75, 3.05) is 19.7 Å². The van der Waals surface area contributed by atoms with Crippen molar-refractivity contribution in [3.8, 4) is 11.1 Å². The molecule has 1 saturated heterocycles. The van der Waals surface area contributed by atoms with Gasteiger partial charge in [0.05, 0.1) is 11.3 Å². The number of halogens is 2. The van der Waals surface area contributed by atoms with Crippen LogP contribution in [0.15, 0.2) is 24.3 Å². The number of nitrogens with zero attached hydrogens (tertiary/aromatic N) is 2. The molecular weight excluding hydrogens is 388 g/mol. The van der Waals surface area contributed by atoms with Crippen molar-refractivity contribution in [3.63, 3.8) is 0 Å². The van der Waals surface area contributed by atoms with Crippen molar-refractivity contribution in [1.82, 2.24) is 9.88 Å². The van der Waals surface area contributed by atoms with E-state index in [1.165, 1.54) is 18.2 Å². The minimum Gasteiger partial charge on any atom is -0.376 e. The quantitative estimate of drug-likeness (QED) is 0.827. The molecule has 4 rings (SSSR count). The zero-order valence-corrected chi connectivity index (χ0v) is 17.4. The Morgan fingerprint density at radius 3 is 2.80 bits per heavy atom. The molecule has 0 unspecified atom stereocenters. The number of amides is 1. The summed E-state index contributed by atoms with van der Waals surface area (Å²) in [6.45, 7) is 7.32. The average Bonchev–Trinajstić information content (AvgIpc) is 2.66. The molecule has 160 valence electrons. The van der Waals surface area contributed by atoms with E-state index < -0.39 is 17.5 Å². The summed E-state index contributed by atoms with van der Waals surface area (Å²) in [5.74, 6) is -1.43. The Balaban J connectivity index is 1.63. The van der Waals surface area contributed by atoms with Crippen LogP contribution in [-0.2, 0) is 17.7 Å². The Labute approximate surface area is 175 Å². The van der Waals surface area contributed by atoms with E-state index in [-0.39, 0.29) is 16.9 Å². The van der Waals surface area contributed by atoms with E-state index in [4.69, 9.17) is 10.5 Å². The van der Waals surface area contributed by atoms with Crippen LogP contribution in [0.25, 0.3) is 11.1 Å². The third-order valence-corrected chi connectivity index (χ3v) is 6.05. The van der Waals surface area contributed by atoms with E-state index in [2.05, 4.69) is 23.7 Å². The molecular formula is C23H27F2N3O2. The number of hydrogen-bond acceptors (Lipinski definition) is 4. The molecule has 1 fully saturated rings. The number of nitrogens with two attached hydrogens (primary N) is 1. The fraction of sp³-hybridized carbons (Fsp3) is 0.478. The molecule has 1 amide bonds. The Hall–Kier alpha value is -2.38. The third kappa shape index (κ3) is 4.37. The third-order valence-electron chi connectivity index (χ3n) is 6.05. The van der Waals surface area contributed by atoms with Gasteiger partial charge in [-0.25, -0.2) is 13.8 Å². The Morgan fingerprint density at radius 2 is 2.10 bits per heavy atom. The second-order valence-electron chi connectivity index (χ2n) is 8.92. The average molecular weight is 415 g/mol. The van der Waals surface area contributed by atoms with Gasteiger partial charge < -0.3 is 10.5 Å². The normalized spacial score (nSPS) is 21.3. The van der Waals surface area contributed by atoms with Crippen LogP contribution in [0, 0.1) is 17.6 Å². The number of benzene rings is 1. The molecule has 2 N–H and O–H groups in total. The molecule has 2 aliphatic rings. The van der Waals surface area contributed by atoms with E-state index >= 15 is 0 Å². The van der Waals surface area contributed by atoms with Gasteiger partial charge in [-0.15, -0.1) is 0 Å². The van der Waals surface area contributed by atoms with Crippen LogP contribution in [0.4, 0.5) is 8.78 Å². The highest BCUT2D eigenvalue weighted by Crippen LogP contribution is 2.34. The zero-order chi connectivity index (χ0) is 21.5. The van der Waals surface area contributed by atoms with Crippen molar-refractivity contribution < 1.29 is 18.3 Å². The Morgan fingerprint density at radius 1 is 1.30 bits per heavy atom. The minimum atomic E-state index is -0.662. The molecule has 1 atom stereocenters. The summed E-state index contributed by atoms with van der Waals surface area (Å²) in [5.41, 5.74) is 7.94. The largest absolute Gasteiger partial charge is 0.376 e. The van der Waals surface area contributed by atoms with Crippen LogP contribution in [-0.4, -0.2) is 41.1 Å². The van der Waals surface area contributed by atoms with E-state index in [1.807, 2.05) is 0 Å². The molecule has 0 saturated carbocycles. The lowest BCUT2D eigenvalue weighted by Crippen LogP contribution is -2.41. The first-order valence-electron chi connectivity index (χ1n) is 10.4. The van der Waals surface area contributed by atoms with Crippen LogP contribution in [0.5, 0.6) is 0 Å². The fourth-order valence-corrected chi connectivity index (χ4v) is 4.70. The van der Waals surface area contributed by atoms with Crippen molar-refractivity contribution in [1.29, 1.82) is 0 Å². The van der Waals surface area contributed by atoms with Gasteiger partial charge in [0.25, 0.3) is 5.91 Å². The van der Waals surface area contributed by atoms with E-state index in [0.29, 0.717) is 24.4 Å². The number of aromatic nitrogens is 1. The van der Waals surface area contributed by atoms with Crippen LogP contribution in [0.2, 0.25) is 0 Å². The second-order valence-corrected chi connectivity index (χ2v) is 8.92. The summed E-state index contributed by atoms with van der Waals surface area (Å²) in [7, 11) is 0. The van der Waals surface area contributed by atoms with Gasteiger partial charge in [-0.1, -0.05) is 0 Å². The summed E-state index contributed by atoms with van der Waals surface area (Å²) >= 11 is 0. The lowest BCUT2D eigenvalue weighted by molar-refractivity contribution is -0.0773. The molecule has 2 aromatic rings. The lowest BCUT2D eigenvalue weighted by atomic mass is 9.87. The minimum absolute atomic E-state index is 0.0986. The molecule has 30 heavy (non-hydrogen) atoms. The fourth-order valence-electron chi connectivity index (χ4n) is 4.70. The zero-order valence-electron chi connectivity index (χ0n) is 17.4. The molecule has 0 radical (unpaired) electrons. The van der Waals surface area contributed by atoms with Crippen molar-refractivity contribution in [3.05, 3.63) is 52.9 Å². The summed E-state index contributed by atoms with van der Waals surface area (Å²) in [6, 6.07) is 5.00. The van der Waals surface area contributed by atoms with Crippen LogP contribution in [0.1, 0.15) is 48.4 Å². The van der Waals surface area contributed by atoms with Gasteiger partial charge in [-0.3, -0.25) is 9.69 Å². The standard InChI is InChI=1S/C23H27F2N3O2/c1-23(2)11-14(6-8-30-23)12-28-7-5-17-18(16-4-3-15(24)9-19(16)25)10-20(22(26)29)27-21(17)13-28/h3-4,9-10,14H,5-8,11-13H2,1-2H3,(H2,26,29)/t14-/m1/s1. The molecule has 5 nitrogen and oxygen atoms in total. The lowest BCUT2D eigenvalue weighted by Gasteiger charge is -2.39. The SMILES string of the molecule is CC1(C)C[C@H](CN2CCc3c(-c4ccc(F)cc4F)cc(C(N)=O)nc3C2)CCO1. The summed E-state index contributed by atoms with van der Waals surface area (Å²) in [5, 5.41) is 0. The van der Waals surface area contributed by atoms with Crippen molar-refractivity contribution >= 4 is 5.91 Å². The molecule has 7 heteroatoms. The molecule has 0 aliphatic carbocycles. The maximum absolute atomic E-state index is 14.5. The van der Waals surface area contributed by atoms with Gasteiger partial charge in [-0.05, 0) is 68.4 Å². The number of fused-ring (bicyclic) bond motifs is 1. The van der Waals surface area contributed by atoms with Crippen LogP contribution < -0.4 is 5.73 Å². The monoisotopic (exact) mass is 415 g/mol. The predicted octanol–water partition coefficient (Wildman–Crippen LogP) is 3.69. The van der Waals surface area contributed by atoms with Gasteiger partial charge >= 0.3 is 0 Å². The molecule has 1 aromatic carbocycles. The maximum Gasteiger partial charge on any atom is 0.267 e. The second kappa shape index (κ2) is 8.04. The first kappa shape index (κ1) is 20.9. The summed E-state index contributed by atoms with van der Waals surface area (Å²) in [6.07, 6.45) is 2.70. The highest BCUT2D eigenvalue weighted by molar-refractivity contribution is 5.92. The summed E-state index contributed by atoms with van der Waals surface area (Å²) in [4.78, 5) is 18.7. The highest BCUT2D eigenvalue weighted by Gasteiger charge is 2.31. The maximum atomic E-state index is 14.5. The first-order valence-corrected chi connectivity index (χ1v) is 10.4. The number of ether oxygens (including phenoxy) is 1. The molecule has 0 bridgehead atoms. The smallest absolute Gasteiger partial charge is 0.267 e. The van der Waals surface area contributed by atoms with Gasteiger partial charge in [0.1, 0.15) is 17.3 Å². The first-order chi connectivity index (χ1) is 14.2. The number of hydrogen-bond donors (Lipinski definition) is 1. The van der Waals surface area contributed by atoms with Crippen molar-refractivity contribution in [2.45, 2.75) is 45.3 Å². The van der Waals surface area contributed by atoms with Gasteiger partial charge in [0.15, 0.2) is 0 Å². The van der Waals surface area contributed by atoms with E-state index in [0.717, 1.165) is 49.9 Å². The van der Waals surface area contributed by atoms with Crippen LogP contribution in [0.3, 0.4) is 0 Å². The number of pyridine rings is 1. The van der Waals surface area contributed by atoms with E-state index in [1.54, 1.807) is 0 Å². The molecule has 2 aliphatic heterocycles.